The van der Waals surface area contributed by atoms with Crippen LogP contribution < -0.4 is 5.32 Å². The van der Waals surface area contributed by atoms with Crippen LogP contribution in [0.4, 0.5) is 5.69 Å². The predicted molar refractivity (Wildman–Crippen MR) is 104 cm³/mol. The first-order chi connectivity index (χ1) is 12.4. The first-order valence-electron chi connectivity index (χ1n) is 8.82. The number of Topliss-reactive ketones (excluding diaryl/α,β-unsaturated/α-hetero) is 1. The molecule has 0 aliphatic heterocycles. The summed E-state index contributed by atoms with van der Waals surface area (Å²) >= 11 is 0. The number of aromatic nitrogens is 2. The van der Waals surface area contributed by atoms with Crippen LogP contribution >= 0.6 is 0 Å². The van der Waals surface area contributed by atoms with E-state index >= 15 is 0 Å². The smallest absolute Gasteiger partial charge is 0.224 e. The summed E-state index contributed by atoms with van der Waals surface area (Å²) in [7, 11) is 0. The lowest BCUT2D eigenvalue weighted by Gasteiger charge is -2.06. The molecule has 0 aliphatic carbocycles. The van der Waals surface area contributed by atoms with Gasteiger partial charge in [-0.2, -0.15) is 0 Å². The Hall–Kier alpha value is -2.95. The van der Waals surface area contributed by atoms with E-state index in [4.69, 9.17) is 0 Å². The number of imidazole rings is 1. The SMILES string of the molecule is CC(=O)c1cccc(NC(=O)CCc2ccc3nc(C(C)C)[nH]c3c2)c1. The van der Waals surface area contributed by atoms with Gasteiger partial charge in [-0.1, -0.05) is 32.0 Å². The Morgan fingerprint density at radius 1 is 1.15 bits per heavy atom. The van der Waals surface area contributed by atoms with E-state index in [9.17, 15) is 9.59 Å². The monoisotopic (exact) mass is 349 g/mol. The summed E-state index contributed by atoms with van der Waals surface area (Å²) in [5, 5.41) is 2.85. The van der Waals surface area contributed by atoms with Crippen molar-refractivity contribution in [1.82, 2.24) is 9.97 Å². The van der Waals surface area contributed by atoms with E-state index in [0.29, 0.717) is 30.0 Å². The Bertz CT molecular complexity index is 957. The maximum absolute atomic E-state index is 12.2. The van der Waals surface area contributed by atoms with Gasteiger partial charge in [0, 0.05) is 23.6 Å². The lowest BCUT2D eigenvalue weighted by molar-refractivity contribution is -0.116. The van der Waals surface area contributed by atoms with Crippen LogP contribution in [0.5, 0.6) is 0 Å². The van der Waals surface area contributed by atoms with E-state index in [1.54, 1.807) is 24.3 Å². The standard InChI is InChI=1S/C21H23N3O2/c1-13(2)21-23-18-9-7-15(11-19(18)24-21)8-10-20(26)22-17-6-4-5-16(12-17)14(3)25/h4-7,9,11-13H,8,10H2,1-3H3,(H,22,26)(H,23,24). The van der Waals surface area contributed by atoms with Crippen LogP contribution in [0.15, 0.2) is 42.5 Å². The maximum atomic E-state index is 12.2. The van der Waals surface area contributed by atoms with E-state index in [2.05, 4.69) is 35.2 Å². The first-order valence-corrected chi connectivity index (χ1v) is 8.82. The van der Waals surface area contributed by atoms with Gasteiger partial charge in [-0.05, 0) is 43.2 Å². The van der Waals surface area contributed by atoms with E-state index in [-0.39, 0.29) is 11.7 Å². The number of hydrogen-bond acceptors (Lipinski definition) is 3. The number of hydrogen-bond donors (Lipinski definition) is 2. The summed E-state index contributed by atoms with van der Waals surface area (Å²) in [6.45, 7) is 5.71. The van der Waals surface area contributed by atoms with Crippen LogP contribution in [0.2, 0.25) is 0 Å². The molecule has 0 bridgehead atoms. The van der Waals surface area contributed by atoms with E-state index in [1.165, 1.54) is 6.92 Å². The van der Waals surface area contributed by atoms with Crippen molar-refractivity contribution < 1.29 is 9.59 Å². The zero-order chi connectivity index (χ0) is 18.7. The topological polar surface area (TPSA) is 74.8 Å². The number of nitrogens with one attached hydrogen (secondary N) is 2. The first kappa shape index (κ1) is 17.9. The van der Waals surface area contributed by atoms with Crippen molar-refractivity contribution in [3.8, 4) is 0 Å². The number of H-pyrrole nitrogens is 1. The number of nitrogens with zero attached hydrogens (tertiary/aromatic N) is 1. The Morgan fingerprint density at radius 3 is 2.69 bits per heavy atom. The zero-order valence-corrected chi connectivity index (χ0v) is 15.3. The van der Waals surface area contributed by atoms with Crippen molar-refractivity contribution >= 4 is 28.4 Å². The summed E-state index contributed by atoms with van der Waals surface area (Å²) < 4.78 is 0. The van der Waals surface area contributed by atoms with Crippen molar-refractivity contribution in [1.29, 1.82) is 0 Å². The summed E-state index contributed by atoms with van der Waals surface area (Å²) in [5.41, 5.74) is 4.27. The molecule has 0 unspecified atom stereocenters. The fourth-order valence-corrected chi connectivity index (χ4v) is 2.80. The number of ketones is 1. The molecule has 5 nitrogen and oxygen atoms in total. The highest BCUT2D eigenvalue weighted by Crippen LogP contribution is 2.19. The molecule has 5 heteroatoms. The van der Waals surface area contributed by atoms with Gasteiger partial charge in [0.1, 0.15) is 5.82 Å². The third-order valence-corrected chi connectivity index (χ3v) is 4.31. The lowest BCUT2D eigenvalue weighted by atomic mass is 10.1. The average molecular weight is 349 g/mol. The molecule has 1 heterocycles. The Kier molecular flexibility index (Phi) is 5.16. The van der Waals surface area contributed by atoms with E-state index in [0.717, 1.165) is 22.4 Å². The average Bonchev–Trinajstić information content (AvgIpc) is 3.04. The number of aromatic amines is 1. The predicted octanol–water partition coefficient (Wildman–Crippen LogP) is 4.46. The van der Waals surface area contributed by atoms with Gasteiger partial charge in [0.25, 0.3) is 0 Å². The van der Waals surface area contributed by atoms with Crippen LogP contribution in [0.25, 0.3) is 11.0 Å². The molecular weight excluding hydrogens is 326 g/mol. The van der Waals surface area contributed by atoms with Crippen molar-refractivity contribution in [3.05, 3.63) is 59.4 Å². The van der Waals surface area contributed by atoms with Gasteiger partial charge in [-0.25, -0.2) is 4.98 Å². The molecule has 1 aromatic heterocycles. The Labute approximate surface area is 152 Å². The Morgan fingerprint density at radius 2 is 1.96 bits per heavy atom. The molecule has 0 radical (unpaired) electrons. The second-order valence-electron chi connectivity index (χ2n) is 6.81. The fourth-order valence-electron chi connectivity index (χ4n) is 2.80. The molecule has 3 rings (SSSR count). The molecule has 2 N–H and O–H groups in total. The van der Waals surface area contributed by atoms with Gasteiger partial charge in [-0.15, -0.1) is 0 Å². The number of anilines is 1. The van der Waals surface area contributed by atoms with Gasteiger partial charge in [0.05, 0.1) is 11.0 Å². The van der Waals surface area contributed by atoms with E-state index < -0.39 is 0 Å². The summed E-state index contributed by atoms with van der Waals surface area (Å²) in [5.74, 6) is 1.23. The number of rotatable bonds is 6. The normalized spacial score (nSPS) is 11.1. The summed E-state index contributed by atoms with van der Waals surface area (Å²) in [4.78, 5) is 31.5. The lowest BCUT2D eigenvalue weighted by Crippen LogP contribution is -2.12. The molecular formula is C21H23N3O2. The van der Waals surface area contributed by atoms with Gasteiger partial charge >= 0.3 is 0 Å². The van der Waals surface area contributed by atoms with Gasteiger partial charge in [0.15, 0.2) is 5.78 Å². The van der Waals surface area contributed by atoms with Crippen molar-refractivity contribution in [2.24, 2.45) is 0 Å². The van der Waals surface area contributed by atoms with Crippen LogP contribution in [-0.4, -0.2) is 21.7 Å². The minimum absolute atomic E-state index is 0.0188. The molecule has 0 spiro atoms. The highest BCUT2D eigenvalue weighted by atomic mass is 16.1. The molecule has 26 heavy (non-hydrogen) atoms. The number of amides is 1. The van der Waals surface area contributed by atoms with Gasteiger partial charge in [-0.3, -0.25) is 9.59 Å². The third kappa shape index (κ3) is 4.17. The van der Waals surface area contributed by atoms with Crippen LogP contribution in [0.3, 0.4) is 0 Å². The summed E-state index contributed by atoms with van der Waals surface area (Å²) in [6.07, 6.45) is 1.02. The third-order valence-electron chi connectivity index (χ3n) is 4.31. The second kappa shape index (κ2) is 7.52. The van der Waals surface area contributed by atoms with Gasteiger partial charge < -0.3 is 10.3 Å². The number of carbonyl (C=O) groups is 2. The molecule has 134 valence electrons. The Balaban J connectivity index is 1.63. The van der Waals surface area contributed by atoms with Crippen molar-refractivity contribution in [2.45, 2.75) is 39.5 Å². The number of aryl methyl sites for hydroxylation is 1. The molecule has 0 atom stereocenters. The molecule has 0 fully saturated rings. The minimum Gasteiger partial charge on any atom is -0.342 e. The number of carbonyl (C=O) groups excluding carboxylic acids is 2. The van der Waals surface area contributed by atoms with Crippen LogP contribution in [0.1, 0.15) is 54.9 Å². The van der Waals surface area contributed by atoms with Gasteiger partial charge in [0.2, 0.25) is 5.91 Å². The van der Waals surface area contributed by atoms with Crippen molar-refractivity contribution in [3.63, 3.8) is 0 Å². The summed E-state index contributed by atoms with van der Waals surface area (Å²) in [6, 6.07) is 13.0. The molecule has 0 aliphatic rings. The largest absolute Gasteiger partial charge is 0.342 e. The quantitative estimate of drug-likeness (QED) is 0.645. The number of fused-ring (bicyclic) bond motifs is 1. The zero-order valence-electron chi connectivity index (χ0n) is 15.3. The van der Waals surface area contributed by atoms with Crippen molar-refractivity contribution in [2.75, 3.05) is 5.32 Å². The highest BCUT2D eigenvalue weighted by molar-refractivity contribution is 5.97. The molecule has 1 amide bonds. The highest BCUT2D eigenvalue weighted by Gasteiger charge is 2.09. The fraction of sp³-hybridized carbons (Fsp3) is 0.286. The molecule has 2 aromatic carbocycles. The van der Waals surface area contributed by atoms with Crippen LogP contribution in [-0.2, 0) is 11.2 Å². The maximum Gasteiger partial charge on any atom is 0.224 e. The molecule has 3 aromatic rings. The molecule has 0 saturated carbocycles. The van der Waals surface area contributed by atoms with Crippen LogP contribution in [0, 0.1) is 0 Å². The number of benzene rings is 2. The van der Waals surface area contributed by atoms with E-state index in [1.807, 2.05) is 12.1 Å². The second-order valence-corrected chi connectivity index (χ2v) is 6.81. The minimum atomic E-state index is -0.0710. The molecule has 0 saturated heterocycles.